The molecule has 3 nitrogen and oxygen atoms in total. The summed E-state index contributed by atoms with van der Waals surface area (Å²) in [7, 11) is 0. The zero-order chi connectivity index (χ0) is 13.1. The fraction of sp³-hybridized carbons (Fsp3) is 0.500. The smallest absolute Gasteiger partial charge is 0.244 e. The number of hydrogen-bond acceptors (Lipinski definition) is 2. The van der Waals surface area contributed by atoms with E-state index in [1.54, 1.807) is 6.92 Å². The van der Waals surface area contributed by atoms with Crippen molar-refractivity contribution >= 4 is 11.6 Å². The second kappa shape index (κ2) is 5.32. The average Bonchev–Trinajstić information content (AvgIpc) is 2.23. The molecular formula is C14H22N2O. The molecule has 0 spiro atoms. The van der Waals surface area contributed by atoms with Gasteiger partial charge in [-0.25, -0.2) is 0 Å². The molecular weight excluding hydrogens is 212 g/mol. The lowest BCUT2D eigenvalue weighted by Gasteiger charge is -2.23. The van der Waals surface area contributed by atoms with Gasteiger partial charge < -0.3 is 11.1 Å². The Morgan fingerprint density at radius 1 is 1.35 bits per heavy atom. The number of nitrogens with one attached hydrogen (secondary N) is 1. The van der Waals surface area contributed by atoms with Gasteiger partial charge in [0, 0.05) is 5.69 Å². The predicted molar refractivity (Wildman–Crippen MR) is 72.0 cm³/mol. The summed E-state index contributed by atoms with van der Waals surface area (Å²) in [4.78, 5) is 12.0. The van der Waals surface area contributed by atoms with Crippen molar-refractivity contribution in [2.75, 3.05) is 5.32 Å². The largest absolute Gasteiger partial charge is 0.324 e. The summed E-state index contributed by atoms with van der Waals surface area (Å²) >= 11 is 0. The van der Waals surface area contributed by atoms with E-state index in [4.69, 9.17) is 5.73 Å². The molecule has 0 bridgehead atoms. The molecule has 1 atom stereocenters. The van der Waals surface area contributed by atoms with E-state index in [2.05, 4.69) is 5.32 Å². The molecule has 3 heteroatoms. The van der Waals surface area contributed by atoms with Crippen LogP contribution in [0.25, 0.3) is 0 Å². The van der Waals surface area contributed by atoms with Gasteiger partial charge in [0.15, 0.2) is 0 Å². The van der Waals surface area contributed by atoms with Gasteiger partial charge in [-0.2, -0.15) is 0 Å². The van der Waals surface area contributed by atoms with Crippen molar-refractivity contribution < 1.29 is 4.79 Å². The third-order valence-corrected chi connectivity index (χ3v) is 3.05. The van der Waals surface area contributed by atoms with Gasteiger partial charge in [-0.05, 0) is 50.5 Å². The Morgan fingerprint density at radius 2 is 2.00 bits per heavy atom. The van der Waals surface area contributed by atoms with Crippen LogP contribution < -0.4 is 11.1 Å². The Kier molecular flexibility index (Phi) is 4.29. The monoisotopic (exact) mass is 234 g/mol. The van der Waals surface area contributed by atoms with Crippen molar-refractivity contribution in [1.82, 2.24) is 0 Å². The first-order valence-electron chi connectivity index (χ1n) is 6.04. The molecule has 1 unspecified atom stereocenters. The third-order valence-electron chi connectivity index (χ3n) is 3.05. The van der Waals surface area contributed by atoms with Gasteiger partial charge in [0.1, 0.15) is 0 Å². The summed E-state index contributed by atoms with van der Waals surface area (Å²) in [5.41, 5.74) is 8.37. The van der Waals surface area contributed by atoms with E-state index in [1.165, 1.54) is 5.56 Å². The zero-order valence-corrected chi connectivity index (χ0v) is 11.1. The van der Waals surface area contributed by atoms with E-state index < -0.39 is 5.54 Å². The highest BCUT2D eigenvalue weighted by Crippen LogP contribution is 2.17. The van der Waals surface area contributed by atoms with Crippen molar-refractivity contribution in [3.8, 4) is 0 Å². The van der Waals surface area contributed by atoms with Crippen molar-refractivity contribution in [3.05, 3.63) is 29.3 Å². The van der Waals surface area contributed by atoms with Crippen molar-refractivity contribution in [2.24, 2.45) is 5.73 Å². The topological polar surface area (TPSA) is 55.1 Å². The van der Waals surface area contributed by atoms with Gasteiger partial charge in [-0.3, -0.25) is 4.79 Å². The van der Waals surface area contributed by atoms with Crippen LogP contribution in [0.2, 0.25) is 0 Å². The number of nitrogens with two attached hydrogens (primary N) is 1. The number of amides is 1. The first kappa shape index (κ1) is 13.7. The second-order valence-corrected chi connectivity index (χ2v) is 4.92. The molecule has 0 saturated carbocycles. The number of hydrogen-bond donors (Lipinski definition) is 2. The summed E-state index contributed by atoms with van der Waals surface area (Å²) in [5, 5.41) is 2.87. The lowest BCUT2D eigenvalue weighted by atomic mass is 9.96. The predicted octanol–water partition coefficient (Wildman–Crippen LogP) is 2.76. The number of aryl methyl sites for hydroxylation is 2. The molecule has 3 N–H and O–H groups in total. The van der Waals surface area contributed by atoms with Gasteiger partial charge in [0.05, 0.1) is 5.54 Å². The Morgan fingerprint density at radius 3 is 2.53 bits per heavy atom. The molecule has 0 aliphatic rings. The zero-order valence-electron chi connectivity index (χ0n) is 11.1. The van der Waals surface area contributed by atoms with E-state index in [0.717, 1.165) is 17.7 Å². The maximum Gasteiger partial charge on any atom is 0.244 e. The normalized spacial score (nSPS) is 14.2. The lowest BCUT2D eigenvalue weighted by Crippen LogP contribution is -2.48. The average molecular weight is 234 g/mol. The highest BCUT2D eigenvalue weighted by Gasteiger charge is 2.27. The molecule has 0 aliphatic carbocycles. The van der Waals surface area contributed by atoms with Crippen LogP contribution in [0.5, 0.6) is 0 Å². The quantitative estimate of drug-likeness (QED) is 0.841. The van der Waals surface area contributed by atoms with E-state index in [9.17, 15) is 4.79 Å². The second-order valence-electron chi connectivity index (χ2n) is 4.92. The first-order valence-corrected chi connectivity index (χ1v) is 6.04. The van der Waals surface area contributed by atoms with Gasteiger partial charge in [-0.1, -0.05) is 19.4 Å². The summed E-state index contributed by atoms with van der Waals surface area (Å²) in [6, 6.07) is 5.87. The Balaban J connectivity index is 2.77. The molecule has 0 aromatic heterocycles. The molecule has 0 aliphatic heterocycles. The van der Waals surface area contributed by atoms with Crippen LogP contribution in [0.3, 0.4) is 0 Å². The highest BCUT2D eigenvalue weighted by molar-refractivity contribution is 5.97. The standard InChI is InChI=1S/C14H22N2O/c1-5-8-14(4,15)13(17)16-12-7-6-10(2)11(3)9-12/h6-7,9H,5,8,15H2,1-4H3,(H,16,17). The van der Waals surface area contributed by atoms with E-state index >= 15 is 0 Å². The van der Waals surface area contributed by atoms with Gasteiger partial charge >= 0.3 is 0 Å². The maximum absolute atomic E-state index is 12.0. The molecule has 1 amide bonds. The molecule has 1 rings (SSSR count). The van der Waals surface area contributed by atoms with Gasteiger partial charge in [0.25, 0.3) is 0 Å². The SMILES string of the molecule is CCCC(C)(N)C(=O)Nc1ccc(C)c(C)c1. The van der Waals surface area contributed by atoms with Crippen LogP contribution in [0, 0.1) is 13.8 Å². The van der Waals surface area contributed by atoms with E-state index in [-0.39, 0.29) is 5.91 Å². The van der Waals surface area contributed by atoms with Crippen LogP contribution in [-0.4, -0.2) is 11.4 Å². The van der Waals surface area contributed by atoms with E-state index in [0.29, 0.717) is 6.42 Å². The van der Waals surface area contributed by atoms with Crippen LogP contribution in [0.1, 0.15) is 37.8 Å². The Bertz CT molecular complexity index is 411. The summed E-state index contributed by atoms with van der Waals surface area (Å²) < 4.78 is 0. The van der Waals surface area contributed by atoms with Crippen LogP contribution in [0.15, 0.2) is 18.2 Å². The lowest BCUT2D eigenvalue weighted by molar-refractivity contribution is -0.120. The molecule has 0 heterocycles. The molecule has 0 fully saturated rings. The molecule has 1 aromatic rings. The number of rotatable bonds is 4. The van der Waals surface area contributed by atoms with Crippen LogP contribution >= 0.6 is 0 Å². The summed E-state index contributed by atoms with van der Waals surface area (Å²) in [6.45, 7) is 7.87. The number of anilines is 1. The molecule has 94 valence electrons. The molecule has 1 aromatic carbocycles. The van der Waals surface area contributed by atoms with Crippen LogP contribution in [0.4, 0.5) is 5.69 Å². The minimum Gasteiger partial charge on any atom is -0.324 e. The van der Waals surface area contributed by atoms with Crippen molar-refractivity contribution in [3.63, 3.8) is 0 Å². The van der Waals surface area contributed by atoms with Gasteiger partial charge in [-0.15, -0.1) is 0 Å². The number of benzene rings is 1. The van der Waals surface area contributed by atoms with Crippen LogP contribution in [-0.2, 0) is 4.79 Å². The first-order chi connectivity index (χ1) is 7.86. The number of carbonyl (C=O) groups is 1. The molecule has 0 radical (unpaired) electrons. The molecule has 17 heavy (non-hydrogen) atoms. The van der Waals surface area contributed by atoms with Gasteiger partial charge in [0.2, 0.25) is 5.91 Å². The fourth-order valence-corrected chi connectivity index (χ4v) is 1.73. The Hall–Kier alpha value is -1.35. The highest BCUT2D eigenvalue weighted by atomic mass is 16.2. The Labute approximate surface area is 103 Å². The maximum atomic E-state index is 12.0. The van der Waals surface area contributed by atoms with E-state index in [1.807, 2.05) is 39.0 Å². The minimum absolute atomic E-state index is 0.123. The van der Waals surface area contributed by atoms with Crippen molar-refractivity contribution in [2.45, 2.75) is 46.1 Å². The fourth-order valence-electron chi connectivity index (χ4n) is 1.73. The molecule has 0 saturated heterocycles. The number of carbonyl (C=O) groups excluding carboxylic acids is 1. The summed E-state index contributed by atoms with van der Waals surface area (Å²) in [6.07, 6.45) is 1.58. The summed E-state index contributed by atoms with van der Waals surface area (Å²) in [5.74, 6) is -0.123. The third kappa shape index (κ3) is 3.56. The minimum atomic E-state index is -0.798. The van der Waals surface area contributed by atoms with Crippen molar-refractivity contribution in [1.29, 1.82) is 0 Å².